The summed E-state index contributed by atoms with van der Waals surface area (Å²) in [5, 5.41) is 12.5. The van der Waals surface area contributed by atoms with Gasteiger partial charge in [-0.3, -0.25) is 4.79 Å². The molecule has 26 heavy (non-hydrogen) atoms. The molecule has 0 saturated carbocycles. The Labute approximate surface area is 165 Å². The molecule has 0 spiro atoms. The molecule has 4 nitrogen and oxygen atoms in total. The topological polar surface area (TPSA) is 58.6 Å². The number of carboxylic acids is 1. The summed E-state index contributed by atoms with van der Waals surface area (Å²) in [7, 11) is 0. The van der Waals surface area contributed by atoms with E-state index in [4.69, 9.17) is 44.6 Å². The molecule has 0 unspecified atom stereocenters. The molecule has 0 bridgehead atoms. The normalized spacial score (nSPS) is 10.7. The summed E-state index contributed by atoms with van der Waals surface area (Å²) in [6, 6.07) is 5.89. The van der Waals surface area contributed by atoms with Gasteiger partial charge in [0.05, 0.1) is 22.2 Å². The van der Waals surface area contributed by atoms with Gasteiger partial charge in [-0.2, -0.15) is 0 Å². The van der Waals surface area contributed by atoms with Crippen molar-refractivity contribution in [3.63, 3.8) is 0 Å². The zero-order valence-electron chi connectivity index (χ0n) is 13.9. The van der Waals surface area contributed by atoms with Gasteiger partial charge in [-0.05, 0) is 36.2 Å². The summed E-state index contributed by atoms with van der Waals surface area (Å²) in [5.41, 5.74) is 0.990. The molecular formula is C18H17Cl3FNO3. The molecule has 140 valence electrons. The third-order valence-electron chi connectivity index (χ3n) is 3.46. The maximum absolute atomic E-state index is 14.6. The fourth-order valence-electron chi connectivity index (χ4n) is 2.32. The highest BCUT2D eigenvalue weighted by atomic mass is 35.5. The lowest BCUT2D eigenvalue weighted by Crippen LogP contribution is -2.06. The minimum absolute atomic E-state index is 0.134. The molecule has 2 aromatic rings. The summed E-state index contributed by atoms with van der Waals surface area (Å²) >= 11 is 18.3. The summed E-state index contributed by atoms with van der Waals surface area (Å²) in [6.45, 7) is 2.45. The van der Waals surface area contributed by atoms with Crippen LogP contribution in [0, 0.1) is 5.82 Å². The van der Waals surface area contributed by atoms with Crippen molar-refractivity contribution in [3.05, 3.63) is 56.3 Å². The van der Waals surface area contributed by atoms with Crippen LogP contribution in [0.5, 0.6) is 5.75 Å². The SMILES string of the molecule is CCCNc1cc(Cl)cc(COc2c(Cl)cc(CC(=O)O)cc2Cl)c1F. The van der Waals surface area contributed by atoms with Crippen LogP contribution in [-0.4, -0.2) is 17.6 Å². The highest BCUT2D eigenvalue weighted by Crippen LogP contribution is 2.35. The lowest BCUT2D eigenvalue weighted by atomic mass is 10.1. The molecule has 0 saturated heterocycles. The van der Waals surface area contributed by atoms with Crippen LogP contribution in [0.15, 0.2) is 24.3 Å². The van der Waals surface area contributed by atoms with E-state index in [0.29, 0.717) is 22.8 Å². The number of rotatable bonds is 8. The van der Waals surface area contributed by atoms with Crippen molar-refractivity contribution < 1.29 is 19.0 Å². The lowest BCUT2D eigenvalue weighted by molar-refractivity contribution is -0.136. The molecule has 0 aromatic heterocycles. The highest BCUT2D eigenvalue weighted by molar-refractivity contribution is 6.37. The predicted molar refractivity (Wildman–Crippen MR) is 102 cm³/mol. The Morgan fingerprint density at radius 2 is 1.85 bits per heavy atom. The fourth-order valence-corrected chi connectivity index (χ4v) is 3.20. The molecule has 2 rings (SSSR count). The van der Waals surface area contributed by atoms with Crippen LogP contribution in [0.4, 0.5) is 10.1 Å². The van der Waals surface area contributed by atoms with Crippen molar-refractivity contribution >= 4 is 46.5 Å². The second-order valence-electron chi connectivity index (χ2n) is 5.60. The van der Waals surface area contributed by atoms with Gasteiger partial charge in [-0.25, -0.2) is 4.39 Å². The van der Waals surface area contributed by atoms with Gasteiger partial charge in [0.25, 0.3) is 0 Å². The molecule has 0 amide bonds. The van der Waals surface area contributed by atoms with Gasteiger partial charge < -0.3 is 15.2 Å². The molecule has 0 atom stereocenters. The number of carboxylic acid groups (broad SMARTS) is 1. The van der Waals surface area contributed by atoms with Crippen LogP contribution in [0.3, 0.4) is 0 Å². The van der Waals surface area contributed by atoms with Crippen molar-refractivity contribution in [1.29, 1.82) is 0 Å². The van der Waals surface area contributed by atoms with Crippen molar-refractivity contribution in [2.75, 3.05) is 11.9 Å². The Hall–Kier alpha value is -1.69. The lowest BCUT2D eigenvalue weighted by Gasteiger charge is -2.14. The number of carbonyl (C=O) groups is 1. The van der Waals surface area contributed by atoms with E-state index in [-0.39, 0.29) is 34.4 Å². The van der Waals surface area contributed by atoms with Gasteiger partial charge in [0.1, 0.15) is 6.61 Å². The third-order valence-corrected chi connectivity index (χ3v) is 4.24. The molecule has 8 heteroatoms. The number of nitrogens with one attached hydrogen (secondary N) is 1. The minimum atomic E-state index is -1.00. The molecule has 2 N–H and O–H groups in total. The number of benzene rings is 2. The van der Waals surface area contributed by atoms with Crippen molar-refractivity contribution in [2.24, 2.45) is 0 Å². The molecule has 0 fully saturated rings. The maximum atomic E-state index is 14.6. The van der Waals surface area contributed by atoms with Crippen LogP contribution >= 0.6 is 34.8 Å². The van der Waals surface area contributed by atoms with Crippen molar-refractivity contribution in [2.45, 2.75) is 26.4 Å². The first-order valence-electron chi connectivity index (χ1n) is 7.86. The van der Waals surface area contributed by atoms with Crippen molar-refractivity contribution in [1.82, 2.24) is 0 Å². The summed E-state index contributed by atoms with van der Waals surface area (Å²) < 4.78 is 20.1. The molecule has 0 aliphatic carbocycles. The van der Waals surface area contributed by atoms with E-state index in [2.05, 4.69) is 5.32 Å². The average molecular weight is 421 g/mol. The number of halogens is 4. The van der Waals surface area contributed by atoms with Crippen molar-refractivity contribution in [3.8, 4) is 5.75 Å². The first kappa shape index (κ1) is 20.6. The fraction of sp³-hybridized carbons (Fsp3) is 0.278. The number of aliphatic carboxylic acids is 1. The van der Waals surface area contributed by atoms with E-state index in [1.54, 1.807) is 0 Å². The molecule has 0 heterocycles. The van der Waals surface area contributed by atoms with E-state index in [1.807, 2.05) is 6.92 Å². The maximum Gasteiger partial charge on any atom is 0.307 e. The number of ether oxygens (including phenoxy) is 1. The minimum Gasteiger partial charge on any atom is -0.486 e. The average Bonchev–Trinajstić information content (AvgIpc) is 2.54. The second kappa shape index (κ2) is 9.31. The van der Waals surface area contributed by atoms with Crippen LogP contribution < -0.4 is 10.1 Å². The Kier molecular flexibility index (Phi) is 7.38. The molecule has 2 aromatic carbocycles. The largest absolute Gasteiger partial charge is 0.486 e. The summed E-state index contributed by atoms with van der Waals surface area (Å²) in [4.78, 5) is 10.8. The van der Waals surface area contributed by atoms with Crippen LogP contribution in [-0.2, 0) is 17.8 Å². The van der Waals surface area contributed by atoms with Gasteiger partial charge in [-0.15, -0.1) is 0 Å². The quantitative estimate of drug-likeness (QED) is 0.565. The second-order valence-corrected chi connectivity index (χ2v) is 6.85. The van der Waals surface area contributed by atoms with E-state index in [9.17, 15) is 9.18 Å². The number of hydrogen-bond acceptors (Lipinski definition) is 3. The zero-order valence-corrected chi connectivity index (χ0v) is 16.2. The predicted octanol–water partition coefficient (Wildman–Crippen LogP) is 5.81. The molecule has 0 aliphatic heterocycles. The Morgan fingerprint density at radius 1 is 1.19 bits per heavy atom. The number of anilines is 1. The van der Waals surface area contributed by atoms with E-state index in [1.165, 1.54) is 24.3 Å². The summed E-state index contributed by atoms with van der Waals surface area (Å²) in [5.74, 6) is -1.30. The Balaban J connectivity index is 2.21. The Bertz CT molecular complexity index is 792. The van der Waals surface area contributed by atoms with E-state index >= 15 is 0 Å². The summed E-state index contributed by atoms with van der Waals surface area (Å²) in [6.07, 6.45) is 0.626. The zero-order chi connectivity index (χ0) is 19.3. The van der Waals surface area contributed by atoms with Gasteiger partial charge >= 0.3 is 5.97 Å². The first-order valence-corrected chi connectivity index (χ1v) is 8.99. The standard InChI is InChI=1S/C18H17Cl3FNO3/c1-2-3-23-15-8-12(19)7-11(17(15)22)9-26-18-13(20)4-10(5-14(18)21)6-16(24)25/h4-5,7-8,23H,2-3,6,9H2,1H3,(H,24,25). The van der Waals surface area contributed by atoms with Gasteiger partial charge in [0, 0.05) is 17.1 Å². The van der Waals surface area contributed by atoms with Crippen LogP contribution in [0.2, 0.25) is 15.1 Å². The number of hydrogen-bond donors (Lipinski definition) is 2. The smallest absolute Gasteiger partial charge is 0.307 e. The van der Waals surface area contributed by atoms with Gasteiger partial charge in [0.2, 0.25) is 0 Å². The van der Waals surface area contributed by atoms with Gasteiger partial charge in [0.15, 0.2) is 11.6 Å². The third kappa shape index (κ3) is 5.40. The molecule has 0 radical (unpaired) electrons. The first-order chi connectivity index (χ1) is 12.3. The monoisotopic (exact) mass is 419 g/mol. The van der Waals surface area contributed by atoms with E-state index in [0.717, 1.165) is 6.42 Å². The molecular weight excluding hydrogens is 404 g/mol. The van der Waals surface area contributed by atoms with E-state index < -0.39 is 11.8 Å². The molecule has 0 aliphatic rings. The van der Waals surface area contributed by atoms with Crippen LogP contribution in [0.25, 0.3) is 0 Å². The Morgan fingerprint density at radius 3 is 2.42 bits per heavy atom. The highest BCUT2D eigenvalue weighted by Gasteiger charge is 2.15. The van der Waals surface area contributed by atoms with Gasteiger partial charge in [-0.1, -0.05) is 41.7 Å². The van der Waals surface area contributed by atoms with Crippen LogP contribution in [0.1, 0.15) is 24.5 Å².